The van der Waals surface area contributed by atoms with Gasteiger partial charge in [0.15, 0.2) is 0 Å². The molecule has 0 bridgehead atoms. The van der Waals surface area contributed by atoms with Gasteiger partial charge in [0.1, 0.15) is 0 Å². The van der Waals surface area contributed by atoms with E-state index in [0.717, 1.165) is 16.7 Å². The van der Waals surface area contributed by atoms with Crippen molar-refractivity contribution in [1.29, 1.82) is 0 Å². The van der Waals surface area contributed by atoms with Crippen LogP contribution in [0.4, 0.5) is 11.4 Å². The molecule has 1 aliphatic rings. The number of hydrogen-bond donors (Lipinski definition) is 2. The van der Waals surface area contributed by atoms with E-state index in [1.165, 1.54) is 0 Å². The second kappa shape index (κ2) is 3.64. The highest BCUT2D eigenvalue weighted by molar-refractivity contribution is 7.95. The third kappa shape index (κ3) is 2.06. The summed E-state index contributed by atoms with van der Waals surface area (Å²) < 4.78 is 24.8. The zero-order valence-corrected chi connectivity index (χ0v) is 9.17. The third-order valence-corrected chi connectivity index (χ3v) is 3.17. The van der Waals surface area contributed by atoms with Crippen molar-refractivity contribution in [3.05, 3.63) is 35.7 Å². The van der Waals surface area contributed by atoms with Gasteiger partial charge in [-0.25, -0.2) is 8.42 Å². The van der Waals surface area contributed by atoms with Gasteiger partial charge in [-0.15, -0.1) is 0 Å². The van der Waals surface area contributed by atoms with Crippen molar-refractivity contribution in [1.82, 2.24) is 0 Å². The molecule has 0 fully saturated rings. The van der Waals surface area contributed by atoms with E-state index in [0.29, 0.717) is 5.69 Å². The molecule has 0 saturated carbocycles. The molecule has 1 heterocycles. The van der Waals surface area contributed by atoms with E-state index >= 15 is 0 Å². The molecule has 5 nitrogen and oxygen atoms in total. The van der Waals surface area contributed by atoms with Crippen molar-refractivity contribution >= 4 is 27.3 Å². The molecule has 0 spiro atoms. The Labute approximate surface area is 93.2 Å². The summed E-state index contributed by atoms with van der Waals surface area (Å²) in [6.45, 7) is 3.20. The Morgan fingerprint density at radius 3 is 2.88 bits per heavy atom. The highest BCUT2D eigenvalue weighted by atomic mass is 32.2. The summed E-state index contributed by atoms with van der Waals surface area (Å²) in [7, 11) is -3.49. The number of hydrogen-bond acceptors (Lipinski definition) is 3. The molecule has 0 saturated heterocycles. The average molecular weight is 238 g/mol. The number of carbonyl (C=O) groups is 1. The lowest BCUT2D eigenvalue weighted by Gasteiger charge is -2.05. The number of fused-ring (bicyclic) bond motifs is 1. The molecule has 0 unspecified atom stereocenters. The van der Waals surface area contributed by atoms with Crippen LogP contribution in [0.1, 0.15) is 5.56 Å². The minimum atomic E-state index is -3.49. The first kappa shape index (κ1) is 10.7. The lowest BCUT2D eigenvalue weighted by Crippen LogP contribution is -2.08. The molecule has 84 valence electrons. The molecular formula is C10H10N2O3S. The average Bonchev–Trinajstić information content (AvgIpc) is 2.57. The number of carbonyl (C=O) groups excluding carboxylic acids is 1. The fourth-order valence-corrected chi connectivity index (χ4v) is 2.04. The monoisotopic (exact) mass is 238 g/mol. The SMILES string of the molecule is C=CS(=O)(=O)Nc1ccc2c(c1)CC(=O)N2. The van der Waals surface area contributed by atoms with Gasteiger partial charge < -0.3 is 5.32 Å². The van der Waals surface area contributed by atoms with Gasteiger partial charge in [0.05, 0.1) is 6.42 Å². The highest BCUT2D eigenvalue weighted by Gasteiger charge is 2.18. The molecule has 1 aromatic rings. The molecule has 1 amide bonds. The van der Waals surface area contributed by atoms with Crippen molar-refractivity contribution < 1.29 is 13.2 Å². The minimum Gasteiger partial charge on any atom is -0.326 e. The second-order valence-corrected chi connectivity index (χ2v) is 5.04. The predicted molar refractivity (Wildman–Crippen MR) is 61.5 cm³/mol. The third-order valence-electron chi connectivity index (χ3n) is 2.21. The highest BCUT2D eigenvalue weighted by Crippen LogP contribution is 2.26. The Hall–Kier alpha value is -1.82. The van der Waals surface area contributed by atoms with E-state index < -0.39 is 10.0 Å². The van der Waals surface area contributed by atoms with Crippen LogP contribution in [0.3, 0.4) is 0 Å². The van der Waals surface area contributed by atoms with Gasteiger partial charge in [0.25, 0.3) is 10.0 Å². The molecule has 0 atom stereocenters. The fourth-order valence-electron chi connectivity index (χ4n) is 1.50. The summed E-state index contributed by atoms with van der Waals surface area (Å²) in [6.07, 6.45) is 0.277. The number of amides is 1. The molecule has 1 aromatic carbocycles. The largest absolute Gasteiger partial charge is 0.326 e. The molecule has 0 radical (unpaired) electrons. The number of benzene rings is 1. The summed E-state index contributed by atoms with van der Waals surface area (Å²) in [5.41, 5.74) is 1.94. The van der Waals surface area contributed by atoms with Gasteiger partial charge in [0.2, 0.25) is 5.91 Å². The molecule has 0 aliphatic carbocycles. The summed E-state index contributed by atoms with van der Waals surface area (Å²) in [5, 5.41) is 3.50. The standard InChI is InChI=1S/C10H10N2O3S/c1-2-16(14,15)12-8-3-4-9-7(5-8)6-10(13)11-9/h2-5,12H,1,6H2,(H,11,13). The van der Waals surface area contributed by atoms with Crippen LogP contribution in [0.15, 0.2) is 30.2 Å². The summed E-state index contributed by atoms with van der Waals surface area (Å²) in [4.78, 5) is 11.1. The lowest BCUT2D eigenvalue weighted by atomic mass is 10.1. The predicted octanol–water partition coefficient (Wildman–Crippen LogP) is 1.07. The zero-order chi connectivity index (χ0) is 11.8. The van der Waals surface area contributed by atoms with E-state index in [2.05, 4.69) is 16.6 Å². The van der Waals surface area contributed by atoms with Crippen LogP contribution >= 0.6 is 0 Å². The Kier molecular flexibility index (Phi) is 2.43. The van der Waals surface area contributed by atoms with Crippen molar-refractivity contribution in [2.24, 2.45) is 0 Å². The molecule has 2 N–H and O–H groups in total. The lowest BCUT2D eigenvalue weighted by molar-refractivity contribution is -0.115. The van der Waals surface area contributed by atoms with Crippen LogP contribution in [-0.2, 0) is 21.2 Å². The van der Waals surface area contributed by atoms with Crippen LogP contribution in [0.5, 0.6) is 0 Å². The number of rotatable bonds is 3. The summed E-state index contributed by atoms with van der Waals surface area (Å²) in [6, 6.07) is 4.89. The van der Waals surface area contributed by atoms with Crippen molar-refractivity contribution in [2.75, 3.05) is 10.0 Å². The summed E-state index contributed by atoms with van der Waals surface area (Å²) in [5.74, 6) is -0.0845. The van der Waals surface area contributed by atoms with Gasteiger partial charge in [0, 0.05) is 16.8 Å². The van der Waals surface area contributed by atoms with E-state index in [9.17, 15) is 13.2 Å². The quantitative estimate of drug-likeness (QED) is 0.827. The van der Waals surface area contributed by atoms with Crippen LogP contribution < -0.4 is 10.0 Å². The number of sulfonamides is 1. The van der Waals surface area contributed by atoms with Gasteiger partial charge in [-0.05, 0) is 23.8 Å². The van der Waals surface area contributed by atoms with Crippen LogP contribution in [0.25, 0.3) is 0 Å². The van der Waals surface area contributed by atoms with Crippen molar-refractivity contribution in [2.45, 2.75) is 6.42 Å². The first-order valence-corrected chi connectivity index (χ1v) is 6.13. The maximum absolute atomic E-state index is 11.2. The molecule has 6 heteroatoms. The number of nitrogens with one attached hydrogen (secondary N) is 2. The normalized spacial score (nSPS) is 14.1. The Morgan fingerprint density at radius 1 is 1.44 bits per heavy atom. The molecule has 0 aromatic heterocycles. The minimum absolute atomic E-state index is 0.0845. The van der Waals surface area contributed by atoms with Crippen LogP contribution in [-0.4, -0.2) is 14.3 Å². The fraction of sp³-hybridized carbons (Fsp3) is 0.100. The Morgan fingerprint density at radius 2 is 2.19 bits per heavy atom. The van der Waals surface area contributed by atoms with Crippen LogP contribution in [0, 0.1) is 0 Å². The number of anilines is 2. The van der Waals surface area contributed by atoms with E-state index in [1.54, 1.807) is 18.2 Å². The summed E-state index contributed by atoms with van der Waals surface area (Å²) >= 11 is 0. The molecule has 1 aliphatic heterocycles. The van der Waals surface area contributed by atoms with Gasteiger partial charge in [-0.3, -0.25) is 9.52 Å². The zero-order valence-electron chi connectivity index (χ0n) is 8.36. The molecule has 16 heavy (non-hydrogen) atoms. The molecule has 2 rings (SSSR count). The smallest absolute Gasteiger partial charge is 0.254 e. The maximum Gasteiger partial charge on any atom is 0.254 e. The van der Waals surface area contributed by atoms with Crippen LogP contribution in [0.2, 0.25) is 0 Å². The van der Waals surface area contributed by atoms with Gasteiger partial charge in [-0.2, -0.15) is 0 Å². The molecular weight excluding hydrogens is 228 g/mol. The van der Waals surface area contributed by atoms with Gasteiger partial charge >= 0.3 is 0 Å². The van der Waals surface area contributed by atoms with Crippen molar-refractivity contribution in [3.63, 3.8) is 0 Å². The first-order chi connectivity index (χ1) is 7.50. The Balaban J connectivity index is 2.30. The Bertz CT molecular complexity index is 563. The maximum atomic E-state index is 11.2. The van der Waals surface area contributed by atoms with E-state index in [-0.39, 0.29) is 12.3 Å². The first-order valence-electron chi connectivity index (χ1n) is 4.58. The topological polar surface area (TPSA) is 75.3 Å². The van der Waals surface area contributed by atoms with E-state index in [1.807, 2.05) is 0 Å². The van der Waals surface area contributed by atoms with Gasteiger partial charge in [-0.1, -0.05) is 6.58 Å². The second-order valence-electron chi connectivity index (χ2n) is 3.41. The van der Waals surface area contributed by atoms with Crippen molar-refractivity contribution in [3.8, 4) is 0 Å². The van der Waals surface area contributed by atoms with E-state index in [4.69, 9.17) is 0 Å².